The molecule has 1 aliphatic rings. The molecule has 51 heavy (non-hydrogen) atoms. The summed E-state index contributed by atoms with van der Waals surface area (Å²) in [6.45, 7) is 10.4. The zero-order valence-electron chi connectivity index (χ0n) is 29.1. The first-order valence-corrected chi connectivity index (χ1v) is 16.8. The Bertz CT molecular complexity index is 1850. The molecule has 0 bridgehead atoms. The molecule has 1 aliphatic heterocycles. The molecular weight excluding hydrogens is 707 g/mol. The number of benzene rings is 3. The molecule has 14 heteroatoms. The Morgan fingerprint density at radius 1 is 1.02 bits per heavy atom. The molecule has 272 valence electrons. The third-order valence-electron chi connectivity index (χ3n) is 8.29. The smallest absolute Gasteiger partial charge is 0.495 e. The summed E-state index contributed by atoms with van der Waals surface area (Å²) in [7, 11) is 1.31. The second-order valence-electron chi connectivity index (χ2n) is 13.6. The van der Waals surface area contributed by atoms with E-state index >= 15 is 8.78 Å². The van der Waals surface area contributed by atoms with Crippen LogP contribution in [0.25, 0.3) is 0 Å². The zero-order valence-corrected chi connectivity index (χ0v) is 30.6. The first kappa shape index (κ1) is 39.3. The fourth-order valence-electron chi connectivity index (χ4n) is 6.29. The monoisotopic (exact) mass is 745 g/mol. The summed E-state index contributed by atoms with van der Waals surface area (Å²) in [5.74, 6) is -4.46. The van der Waals surface area contributed by atoms with Gasteiger partial charge in [0.15, 0.2) is 0 Å². The van der Waals surface area contributed by atoms with E-state index in [0.717, 1.165) is 6.07 Å². The van der Waals surface area contributed by atoms with Crippen molar-refractivity contribution in [2.24, 2.45) is 5.41 Å². The van der Waals surface area contributed by atoms with E-state index in [0.29, 0.717) is 0 Å². The third-order valence-corrected chi connectivity index (χ3v) is 8.82. The van der Waals surface area contributed by atoms with Crippen LogP contribution >= 0.6 is 23.2 Å². The number of ether oxygens (including phenoxy) is 4. The molecule has 0 saturated carbocycles. The van der Waals surface area contributed by atoms with E-state index in [2.05, 4.69) is 16.7 Å². The minimum atomic E-state index is -1.83. The van der Waals surface area contributed by atoms with Crippen molar-refractivity contribution in [1.29, 1.82) is 5.26 Å². The molecule has 2 N–H and O–H groups in total. The normalized spacial score (nSPS) is 20.6. The molecule has 1 heterocycles. The Morgan fingerprint density at radius 2 is 1.73 bits per heavy atom. The van der Waals surface area contributed by atoms with Gasteiger partial charge in [0.05, 0.1) is 41.6 Å². The van der Waals surface area contributed by atoms with Gasteiger partial charge in [-0.2, -0.15) is 5.26 Å². The highest BCUT2D eigenvalue weighted by Crippen LogP contribution is 2.53. The predicted molar refractivity (Wildman–Crippen MR) is 187 cm³/mol. The second kappa shape index (κ2) is 15.8. The lowest BCUT2D eigenvalue weighted by atomic mass is 9.62. The number of methoxy groups -OCH3 is 1. The van der Waals surface area contributed by atoms with Gasteiger partial charge in [0.2, 0.25) is 12.2 Å². The van der Waals surface area contributed by atoms with Crippen LogP contribution in [-0.2, 0) is 24.4 Å². The van der Waals surface area contributed by atoms with E-state index in [1.54, 1.807) is 13.8 Å². The Balaban J connectivity index is 1.75. The average molecular weight is 747 g/mol. The van der Waals surface area contributed by atoms with Crippen molar-refractivity contribution in [2.45, 2.75) is 83.8 Å². The topological polar surface area (TPSA) is 136 Å². The van der Waals surface area contributed by atoms with E-state index in [4.69, 9.17) is 42.1 Å². The van der Waals surface area contributed by atoms with E-state index in [-0.39, 0.29) is 44.6 Å². The van der Waals surface area contributed by atoms with Crippen LogP contribution in [0.2, 0.25) is 10.0 Å². The molecule has 0 aromatic heterocycles. The van der Waals surface area contributed by atoms with Gasteiger partial charge in [-0.3, -0.25) is 4.79 Å². The number of carbonyl (C=O) groups is 3. The number of rotatable bonds is 10. The summed E-state index contributed by atoms with van der Waals surface area (Å²) >= 11 is 12.3. The molecule has 5 atom stereocenters. The number of halogens is 4. The van der Waals surface area contributed by atoms with Gasteiger partial charge in [0.1, 0.15) is 22.8 Å². The van der Waals surface area contributed by atoms with Crippen LogP contribution in [0, 0.1) is 28.4 Å². The highest BCUT2D eigenvalue weighted by atomic mass is 35.5. The standard InChI is InChI=1S/C37H39Cl2F2N3O7/c1-19(2)49-35(47)51-20(3)50-34(46)21-11-14-27(28(15-21)48-7)43-33(45)32-30(23-9-8-10-25(39)31(23)41)37(18-42,29(44-32)17-36(4,5)6)24-13-12-22(38)16-26(24)40/h8-16,19-20,29-30,32,44H,17H2,1-7H3,(H,43,45)/t20?,29?,30?,32-,37+/m1/s1. The lowest BCUT2D eigenvalue weighted by molar-refractivity contribution is -0.118. The van der Waals surface area contributed by atoms with Gasteiger partial charge >= 0.3 is 12.1 Å². The highest BCUT2D eigenvalue weighted by molar-refractivity contribution is 6.31. The number of anilines is 1. The predicted octanol–water partition coefficient (Wildman–Crippen LogP) is 8.31. The van der Waals surface area contributed by atoms with Gasteiger partial charge in [0.25, 0.3) is 0 Å². The minimum Gasteiger partial charge on any atom is -0.495 e. The average Bonchev–Trinajstić information content (AvgIpc) is 3.34. The molecule has 1 saturated heterocycles. The molecule has 10 nitrogen and oxygen atoms in total. The zero-order chi connectivity index (χ0) is 37.8. The van der Waals surface area contributed by atoms with Gasteiger partial charge in [-0.15, -0.1) is 0 Å². The van der Waals surface area contributed by atoms with Crippen LogP contribution in [0.1, 0.15) is 75.4 Å². The van der Waals surface area contributed by atoms with Crippen molar-refractivity contribution in [2.75, 3.05) is 12.4 Å². The maximum absolute atomic E-state index is 16.0. The number of nitrogens with zero attached hydrogens (tertiary/aromatic N) is 1. The fourth-order valence-corrected chi connectivity index (χ4v) is 6.63. The molecule has 3 aromatic rings. The van der Waals surface area contributed by atoms with E-state index in [1.807, 2.05) is 20.8 Å². The van der Waals surface area contributed by atoms with Crippen LogP contribution < -0.4 is 15.4 Å². The number of carbonyl (C=O) groups excluding carboxylic acids is 3. The quantitative estimate of drug-likeness (QED) is 0.155. The van der Waals surface area contributed by atoms with Crippen LogP contribution in [0.15, 0.2) is 54.6 Å². The Kier molecular flexibility index (Phi) is 12.2. The first-order valence-electron chi connectivity index (χ1n) is 16.1. The second-order valence-corrected chi connectivity index (χ2v) is 14.4. The lowest BCUT2D eigenvalue weighted by Crippen LogP contribution is -2.45. The number of hydrogen-bond donors (Lipinski definition) is 2. The highest BCUT2D eigenvalue weighted by Gasteiger charge is 2.61. The number of nitriles is 1. The molecule has 1 amide bonds. The van der Waals surface area contributed by atoms with Crippen molar-refractivity contribution >= 4 is 46.9 Å². The molecule has 3 aromatic carbocycles. The van der Waals surface area contributed by atoms with Crippen molar-refractivity contribution in [3.05, 3.63) is 93.0 Å². The van der Waals surface area contributed by atoms with Gasteiger partial charge in [-0.1, -0.05) is 62.2 Å². The summed E-state index contributed by atoms with van der Waals surface area (Å²) in [5, 5.41) is 16.9. The van der Waals surface area contributed by atoms with Crippen LogP contribution in [-0.4, -0.2) is 49.6 Å². The van der Waals surface area contributed by atoms with E-state index in [1.165, 1.54) is 62.6 Å². The van der Waals surface area contributed by atoms with E-state index in [9.17, 15) is 19.6 Å². The maximum Gasteiger partial charge on any atom is 0.511 e. The Morgan fingerprint density at radius 3 is 2.33 bits per heavy atom. The molecule has 0 radical (unpaired) electrons. The van der Waals surface area contributed by atoms with Crippen molar-refractivity contribution in [1.82, 2.24) is 5.32 Å². The summed E-state index contributed by atoms with van der Waals surface area (Å²) in [5.41, 5.74) is -2.27. The fraction of sp³-hybridized carbons (Fsp3) is 0.405. The summed E-state index contributed by atoms with van der Waals surface area (Å²) < 4.78 is 52.4. The maximum atomic E-state index is 16.0. The number of amides is 1. The first-order chi connectivity index (χ1) is 23.9. The van der Waals surface area contributed by atoms with Crippen LogP contribution in [0.4, 0.5) is 19.3 Å². The van der Waals surface area contributed by atoms with Crippen molar-refractivity contribution in [3.8, 4) is 11.8 Å². The molecule has 0 spiro atoms. The minimum absolute atomic E-state index is 0.00217. The van der Waals surface area contributed by atoms with E-state index < -0.39 is 70.9 Å². The summed E-state index contributed by atoms with van der Waals surface area (Å²) in [6, 6.07) is 12.3. The van der Waals surface area contributed by atoms with Crippen LogP contribution in [0.3, 0.4) is 0 Å². The lowest BCUT2D eigenvalue weighted by Gasteiger charge is -2.37. The largest absolute Gasteiger partial charge is 0.511 e. The molecule has 1 fully saturated rings. The third kappa shape index (κ3) is 8.72. The Hall–Kier alpha value is -4.44. The van der Waals surface area contributed by atoms with Crippen LogP contribution in [0.5, 0.6) is 5.75 Å². The molecule has 0 aliphatic carbocycles. The van der Waals surface area contributed by atoms with Gasteiger partial charge in [0, 0.05) is 29.5 Å². The molecule has 3 unspecified atom stereocenters. The van der Waals surface area contributed by atoms with Gasteiger partial charge < -0.3 is 29.6 Å². The molecular formula is C37H39Cl2F2N3O7. The number of esters is 1. The van der Waals surface area contributed by atoms with Crippen molar-refractivity contribution in [3.63, 3.8) is 0 Å². The van der Waals surface area contributed by atoms with Gasteiger partial charge in [-0.05, 0) is 67.6 Å². The van der Waals surface area contributed by atoms with Gasteiger partial charge in [-0.25, -0.2) is 18.4 Å². The molecule has 4 rings (SSSR count). The summed E-state index contributed by atoms with van der Waals surface area (Å²) in [4.78, 5) is 39.0. The number of nitrogens with one attached hydrogen (secondary N) is 2. The summed E-state index contributed by atoms with van der Waals surface area (Å²) in [6.07, 6.45) is -2.45. The SMILES string of the molecule is COc1cc(C(=O)OC(C)OC(=O)OC(C)C)ccc1NC(=O)[C@@H]1NC(CC(C)(C)C)[C@](C#N)(c2ccc(Cl)cc2F)C1c1cccc(Cl)c1F. The Labute approximate surface area is 305 Å². The number of hydrogen-bond acceptors (Lipinski definition) is 9. The van der Waals surface area contributed by atoms with Crippen molar-refractivity contribution < 1.29 is 42.1 Å².